The van der Waals surface area contributed by atoms with E-state index in [1.165, 1.54) is 30.3 Å². The molecule has 0 spiro atoms. The van der Waals surface area contributed by atoms with Gasteiger partial charge in [0.05, 0.1) is 0 Å². The maximum atomic E-state index is 12.1. The van der Waals surface area contributed by atoms with Gasteiger partial charge in [-0.3, -0.25) is 9.78 Å². The number of hydrogen-bond donors (Lipinski definition) is 1. The third kappa shape index (κ3) is 5.18. The minimum Gasteiger partial charge on any atom is -0.435 e. The quantitative estimate of drug-likeness (QED) is 0.653. The van der Waals surface area contributed by atoms with Crippen molar-refractivity contribution in [1.82, 2.24) is 10.3 Å². The highest BCUT2D eigenvalue weighted by molar-refractivity contribution is 6.01. The van der Waals surface area contributed by atoms with Crippen molar-refractivity contribution in [3.8, 4) is 11.8 Å². The van der Waals surface area contributed by atoms with Crippen molar-refractivity contribution in [2.75, 3.05) is 0 Å². The predicted molar refractivity (Wildman–Crippen MR) is 82.7 cm³/mol. The summed E-state index contributed by atoms with van der Waals surface area (Å²) in [7, 11) is 0. The molecule has 24 heavy (non-hydrogen) atoms. The van der Waals surface area contributed by atoms with Crippen LogP contribution >= 0.6 is 0 Å². The average molecular weight is 329 g/mol. The predicted octanol–water partition coefficient (Wildman–Crippen LogP) is 2.91. The second-order valence-corrected chi connectivity index (χ2v) is 4.66. The van der Waals surface area contributed by atoms with Crippen molar-refractivity contribution >= 4 is 12.0 Å². The van der Waals surface area contributed by atoms with Gasteiger partial charge in [0.1, 0.15) is 17.4 Å². The zero-order chi connectivity index (χ0) is 17.4. The molecule has 0 radical (unpaired) electrons. The van der Waals surface area contributed by atoms with Crippen LogP contribution in [0.4, 0.5) is 8.78 Å². The van der Waals surface area contributed by atoms with E-state index in [2.05, 4.69) is 15.0 Å². The lowest BCUT2D eigenvalue weighted by molar-refractivity contribution is -0.117. The van der Waals surface area contributed by atoms with Crippen molar-refractivity contribution in [2.45, 2.75) is 13.2 Å². The van der Waals surface area contributed by atoms with Crippen molar-refractivity contribution in [3.05, 3.63) is 65.5 Å². The molecular weight excluding hydrogens is 316 g/mol. The van der Waals surface area contributed by atoms with E-state index in [4.69, 9.17) is 5.26 Å². The maximum Gasteiger partial charge on any atom is 0.387 e. The molecule has 1 aromatic heterocycles. The van der Waals surface area contributed by atoms with Crippen LogP contribution in [0.2, 0.25) is 0 Å². The lowest BCUT2D eigenvalue weighted by atomic mass is 10.1. The fourth-order valence-corrected chi connectivity index (χ4v) is 1.84. The van der Waals surface area contributed by atoms with E-state index in [-0.39, 0.29) is 17.9 Å². The molecule has 0 atom stereocenters. The summed E-state index contributed by atoms with van der Waals surface area (Å²) in [6.45, 7) is -2.66. The molecule has 0 saturated carbocycles. The Morgan fingerprint density at radius 1 is 1.33 bits per heavy atom. The second kappa shape index (κ2) is 8.39. The molecule has 0 aliphatic rings. The maximum absolute atomic E-state index is 12.1. The van der Waals surface area contributed by atoms with E-state index in [0.717, 1.165) is 5.56 Å². The summed E-state index contributed by atoms with van der Waals surface area (Å²) in [5, 5.41) is 11.7. The number of carbonyl (C=O) groups excluding carboxylic acids is 1. The van der Waals surface area contributed by atoms with Crippen LogP contribution in [0.3, 0.4) is 0 Å². The van der Waals surface area contributed by atoms with E-state index >= 15 is 0 Å². The van der Waals surface area contributed by atoms with Crippen molar-refractivity contribution in [3.63, 3.8) is 0 Å². The van der Waals surface area contributed by atoms with Crippen LogP contribution in [0.15, 0.2) is 54.4 Å². The normalized spacial score (nSPS) is 11.0. The van der Waals surface area contributed by atoms with Gasteiger partial charge in [0.25, 0.3) is 5.91 Å². The Bertz CT molecular complexity index is 754. The van der Waals surface area contributed by atoms with Crippen LogP contribution in [-0.4, -0.2) is 17.5 Å². The van der Waals surface area contributed by atoms with Gasteiger partial charge in [-0.15, -0.1) is 0 Å². The summed E-state index contributed by atoms with van der Waals surface area (Å²) in [6.07, 6.45) is 4.59. The highest BCUT2D eigenvalue weighted by Crippen LogP contribution is 2.16. The molecule has 122 valence electrons. The number of rotatable bonds is 6. The highest BCUT2D eigenvalue weighted by Gasteiger charge is 2.09. The number of nitrogens with one attached hydrogen (secondary N) is 1. The largest absolute Gasteiger partial charge is 0.435 e. The number of pyridine rings is 1. The summed E-state index contributed by atoms with van der Waals surface area (Å²) >= 11 is 0. The molecule has 1 N–H and O–H groups in total. The Hall–Kier alpha value is -3.27. The molecule has 0 bridgehead atoms. The highest BCUT2D eigenvalue weighted by atomic mass is 19.3. The topological polar surface area (TPSA) is 75.0 Å². The van der Waals surface area contributed by atoms with Gasteiger partial charge in [0, 0.05) is 18.9 Å². The standard InChI is InChI=1S/C17H13F2N3O2/c18-17(19)24-15-5-3-12(4-6-15)8-14(9-20)16(23)22-11-13-2-1-7-21-10-13/h1-8,10,17H,11H2,(H,22,23)/b14-8+. The number of halogens is 2. The Morgan fingerprint density at radius 3 is 2.67 bits per heavy atom. The third-order valence-electron chi connectivity index (χ3n) is 2.96. The van der Waals surface area contributed by atoms with Crippen LogP contribution in [0.5, 0.6) is 5.75 Å². The number of aromatic nitrogens is 1. The molecule has 1 aromatic carbocycles. The SMILES string of the molecule is N#C/C(=C\c1ccc(OC(F)F)cc1)C(=O)NCc1cccnc1. The first kappa shape index (κ1) is 17.1. The number of nitriles is 1. The average Bonchev–Trinajstić information content (AvgIpc) is 2.59. The monoisotopic (exact) mass is 329 g/mol. The summed E-state index contributed by atoms with van der Waals surface area (Å²) in [4.78, 5) is 15.9. The first-order valence-electron chi connectivity index (χ1n) is 6.92. The summed E-state index contributed by atoms with van der Waals surface area (Å²) in [5.74, 6) is -0.532. The number of nitrogens with zero attached hydrogens (tertiary/aromatic N) is 2. The first-order chi connectivity index (χ1) is 11.6. The Balaban J connectivity index is 2.02. The van der Waals surface area contributed by atoms with Crippen molar-refractivity contribution in [2.24, 2.45) is 0 Å². The Kier molecular flexibility index (Phi) is 5.97. The minimum atomic E-state index is -2.90. The third-order valence-corrected chi connectivity index (χ3v) is 2.96. The molecular formula is C17H13F2N3O2. The van der Waals surface area contributed by atoms with Gasteiger partial charge in [0.15, 0.2) is 0 Å². The van der Waals surface area contributed by atoms with E-state index in [0.29, 0.717) is 5.56 Å². The molecule has 0 fully saturated rings. The molecule has 2 rings (SSSR count). The molecule has 1 heterocycles. The van der Waals surface area contributed by atoms with Gasteiger partial charge in [-0.25, -0.2) is 0 Å². The molecule has 0 unspecified atom stereocenters. The number of amides is 1. The number of ether oxygens (including phenoxy) is 1. The number of hydrogen-bond acceptors (Lipinski definition) is 4. The fraction of sp³-hybridized carbons (Fsp3) is 0.118. The van der Waals surface area contributed by atoms with E-state index in [9.17, 15) is 13.6 Å². The van der Waals surface area contributed by atoms with Gasteiger partial charge in [0.2, 0.25) is 0 Å². The smallest absolute Gasteiger partial charge is 0.387 e. The van der Waals surface area contributed by atoms with Gasteiger partial charge in [-0.2, -0.15) is 14.0 Å². The lowest BCUT2D eigenvalue weighted by Gasteiger charge is -2.05. The molecule has 7 heteroatoms. The number of benzene rings is 1. The van der Waals surface area contributed by atoms with Crippen LogP contribution in [0.1, 0.15) is 11.1 Å². The Labute approximate surface area is 137 Å². The van der Waals surface area contributed by atoms with Gasteiger partial charge < -0.3 is 10.1 Å². The van der Waals surface area contributed by atoms with Gasteiger partial charge in [-0.1, -0.05) is 18.2 Å². The van der Waals surface area contributed by atoms with Gasteiger partial charge >= 0.3 is 6.61 Å². The van der Waals surface area contributed by atoms with E-state index in [1.807, 2.05) is 6.07 Å². The molecule has 0 aliphatic heterocycles. The zero-order valence-corrected chi connectivity index (χ0v) is 12.4. The van der Waals surface area contributed by atoms with Crippen LogP contribution < -0.4 is 10.1 Å². The van der Waals surface area contributed by atoms with Crippen LogP contribution in [-0.2, 0) is 11.3 Å². The summed E-state index contributed by atoms with van der Waals surface area (Å²) < 4.78 is 28.4. The molecule has 0 saturated heterocycles. The fourth-order valence-electron chi connectivity index (χ4n) is 1.84. The zero-order valence-electron chi connectivity index (χ0n) is 12.4. The van der Waals surface area contributed by atoms with Gasteiger partial charge in [-0.05, 0) is 35.4 Å². The van der Waals surface area contributed by atoms with Crippen LogP contribution in [0.25, 0.3) is 6.08 Å². The first-order valence-corrected chi connectivity index (χ1v) is 6.92. The molecule has 2 aromatic rings. The molecule has 0 aliphatic carbocycles. The Morgan fingerprint density at radius 2 is 2.08 bits per heavy atom. The molecule has 5 nitrogen and oxygen atoms in total. The van der Waals surface area contributed by atoms with E-state index in [1.54, 1.807) is 24.5 Å². The number of alkyl halides is 2. The minimum absolute atomic E-state index is 0.00156. The van der Waals surface area contributed by atoms with Crippen molar-refractivity contribution in [1.29, 1.82) is 5.26 Å². The number of carbonyl (C=O) groups is 1. The van der Waals surface area contributed by atoms with E-state index < -0.39 is 12.5 Å². The second-order valence-electron chi connectivity index (χ2n) is 4.66. The molecule has 1 amide bonds. The summed E-state index contributed by atoms with van der Waals surface area (Å²) in [6, 6.07) is 11.0. The lowest BCUT2D eigenvalue weighted by Crippen LogP contribution is -2.23. The van der Waals surface area contributed by atoms with Crippen LogP contribution in [0, 0.1) is 11.3 Å². The van der Waals surface area contributed by atoms with Crippen molar-refractivity contribution < 1.29 is 18.3 Å². The summed E-state index contributed by atoms with van der Waals surface area (Å²) in [5.41, 5.74) is 1.22.